The number of aryl methyl sites for hydroxylation is 1. The van der Waals surface area contributed by atoms with Gasteiger partial charge in [0.2, 0.25) is 5.13 Å². The molecule has 1 aromatic heterocycles. The third-order valence-corrected chi connectivity index (χ3v) is 3.86. The molecule has 0 bridgehead atoms. The maximum atomic E-state index is 12.1. The number of non-ortho nitro benzene ring substituents is 1. The Bertz CT molecular complexity index is 718. The number of rotatable bonds is 4. The van der Waals surface area contributed by atoms with Crippen molar-refractivity contribution in [1.29, 1.82) is 0 Å². The van der Waals surface area contributed by atoms with E-state index in [1.54, 1.807) is 0 Å². The lowest BCUT2D eigenvalue weighted by atomic mass is 10.1. The van der Waals surface area contributed by atoms with Crippen LogP contribution in [0, 0.1) is 10.1 Å². The number of nitro benzene ring substituents is 1. The number of halogens is 1. The number of nitro groups is 1. The van der Waals surface area contributed by atoms with Gasteiger partial charge in [0, 0.05) is 12.1 Å². The molecule has 0 spiro atoms. The highest BCUT2D eigenvalue weighted by atomic mass is 35.5. The van der Waals surface area contributed by atoms with Crippen molar-refractivity contribution in [1.82, 2.24) is 10.2 Å². The van der Waals surface area contributed by atoms with Crippen LogP contribution in [0.5, 0.6) is 0 Å². The second kappa shape index (κ2) is 6.02. The molecule has 0 fully saturated rings. The maximum absolute atomic E-state index is 12.1. The van der Waals surface area contributed by atoms with E-state index in [4.69, 9.17) is 17.3 Å². The molecule has 0 aliphatic rings. The predicted molar refractivity (Wildman–Crippen MR) is 79.8 cm³/mol. The third-order valence-electron chi connectivity index (χ3n) is 2.56. The SMILES string of the molecule is CCc1nnc(NC(=O)c2cc([N+](=O)[O-])cc(Cl)c2N)s1. The maximum Gasteiger partial charge on any atom is 0.271 e. The summed E-state index contributed by atoms with van der Waals surface area (Å²) in [6.45, 7) is 1.91. The Morgan fingerprint density at radius 3 is 2.81 bits per heavy atom. The number of carbonyl (C=O) groups is 1. The molecule has 0 saturated heterocycles. The van der Waals surface area contributed by atoms with Crippen molar-refractivity contribution in [2.75, 3.05) is 11.1 Å². The molecular formula is C11H10ClN5O3S. The summed E-state index contributed by atoms with van der Waals surface area (Å²) in [7, 11) is 0. The largest absolute Gasteiger partial charge is 0.397 e. The van der Waals surface area contributed by atoms with E-state index in [2.05, 4.69) is 15.5 Å². The van der Waals surface area contributed by atoms with Crippen molar-refractivity contribution in [2.24, 2.45) is 0 Å². The molecule has 2 aromatic rings. The summed E-state index contributed by atoms with van der Waals surface area (Å²) in [6.07, 6.45) is 0.693. The highest BCUT2D eigenvalue weighted by molar-refractivity contribution is 7.15. The highest BCUT2D eigenvalue weighted by Crippen LogP contribution is 2.29. The zero-order chi connectivity index (χ0) is 15.6. The first kappa shape index (κ1) is 15.1. The van der Waals surface area contributed by atoms with Gasteiger partial charge in [0.05, 0.1) is 21.2 Å². The first-order valence-electron chi connectivity index (χ1n) is 5.79. The summed E-state index contributed by atoms with van der Waals surface area (Å²) in [5, 5.41) is 21.9. The molecule has 10 heteroatoms. The second-order valence-electron chi connectivity index (χ2n) is 3.95. The van der Waals surface area contributed by atoms with Gasteiger partial charge in [-0.2, -0.15) is 0 Å². The van der Waals surface area contributed by atoms with Crippen LogP contribution in [0.3, 0.4) is 0 Å². The molecule has 0 aliphatic carbocycles. The molecule has 0 atom stereocenters. The zero-order valence-electron chi connectivity index (χ0n) is 10.8. The summed E-state index contributed by atoms with van der Waals surface area (Å²) in [4.78, 5) is 22.3. The second-order valence-corrected chi connectivity index (χ2v) is 5.42. The van der Waals surface area contributed by atoms with E-state index in [1.807, 2.05) is 6.92 Å². The average Bonchev–Trinajstić information content (AvgIpc) is 2.88. The summed E-state index contributed by atoms with van der Waals surface area (Å²) >= 11 is 7.02. The standard InChI is InChI=1S/C11H10ClN5O3S/c1-2-8-15-16-11(21-8)14-10(18)6-3-5(17(19)20)4-7(12)9(6)13/h3-4H,2,13H2,1H3,(H,14,16,18). The van der Waals surface area contributed by atoms with Crippen LogP contribution in [-0.2, 0) is 6.42 Å². The highest BCUT2D eigenvalue weighted by Gasteiger charge is 2.19. The summed E-state index contributed by atoms with van der Waals surface area (Å²) in [6, 6.07) is 2.16. The average molecular weight is 328 g/mol. The van der Waals surface area contributed by atoms with Gasteiger partial charge in [0.1, 0.15) is 5.01 Å². The number of hydrogen-bond donors (Lipinski definition) is 2. The van der Waals surface area contributed by atoms with Crippen LogP contribution >= 0.6 is 22.9 Å². The van der Waals surface area contributed by atoms with Crippen LogP contribution in [0.2, 0.25) is 5.02 Å². The van der Waals surface area contributed by atoms with Crippen LogP contribution in [0.4, 0.5) is 16.5 Å². The molecular weight excluding hydrogens is 318 g/mol. The summed E-state index contributed by atoms with van der Waals surface area (Å²) in [5.74, 6) is -0.628. The monoisotopic (exact) mass is 327 g/mol. The van der Waals surface area contributed by atoms with Gasteiger partial charge in [-0.3, -0.25) is 20.2 Å². The molecule has 0 radical (unpaired) electrons. The quantitative estimate of drug-likeness (QED) is 0.505. The van der Waals surface area contributed by atoms with E-state index < -0.39 is 10.8 Å². The number of carbonyl (C=O) groups excluding carboxylic acids is 1. The molecule has 0 aliphatic heterocycles. The van der Waals surface area contributed by atoms with Crippen LogP contribution < -0.4 is 11.1 Å². The van der Waals surface area contributed by atoms with E-state index in [-0.39, 0.29) is 22.0 Å². The van der Waals surface area contributed by atoms with Gasteiger partial charge in [0.15, 0.2) is 0 Å². The molecule has 110 valence electrons. The van der Waals surface area contributed by atoms with E-state index in [0.29, 0.717) is 11.6 Å². The molecule has 1 aromatic carbocycles. The number of nitrogen functional groups attached to an aromatic ring is 1. The number of aromatic nitrogens is 2. The van der Waals surface area contributed by atoms with Gasteiger partial charge in [-0.25, -0.2) is 0 Å². The minimum atomic E-state index is -0.651. The number of anilines is 2. The Hall–Kier alpha value is -2.26. The Kier molecular flexibility index (Phi) is 4.34. The molecule has 1 heterocycles. The smallest absolute Gasteiger partial charge is 0.271 e. The summed E-state index contributed by atoms with van der Waals surface area (Å²) in [5.41, 5.74) is 5.27. The van der Waals surface area contributed by atoms with E-state index in [9.17, 15) is 14.9 Å². The molecule has 2 rings (SSSR count). The lowest BCUT2D eigenvalue weighted by Gasteiger charge is -2.06. The summed E-state index contributed by atoms with van der Waals surface area (Å²) < 4.78 is 0. The van der Waals surface area contributed by atoms with Gasteiger partial charge >= 0.3 is 0 Å². The fourth-order valence-corrected chi connectivity index (χ4v) is 2.40. The van der Waals surface area contributed by atoms with Crippen molar-refractivity contribution in [3.8, 4) is 0 Å². The van der Waals surface area contributed by atoms with Crippen LogP contribution in [-0.4, -0.2) is 21.0 Å². The number of amides is 1. The third kappa shape index (κ3) is 3.26. The Labute approximate surface area is 128 Å². The van der Waals surface area contributed by atoms with Gasteiger partial charge in [-0.15, -0.1) is 10.2 Å². The Morgan fingerprint density at radius 2 is 2.24 bits per heavy atom. The molecule has 0 unspecified atom stereocenters. The number of nitrogens with zero attached hydrogens (tertiary/aromatic N) is 3. The normalized spacial score (nSPS) is 10.4. The van der Waals surface area contributed by atoms with Crippen molar-refractivity contribution >= 4 is 45.4 Å². The molecule has 0 saturated carbocycles. The van der Waals surface area contributed by atoms with Gasteiger partial charge in [-0.05, 0) is 6.42 Å². The van der Waals surface area contributed by atoms with Crippen molar-refractivity contribution in [2.45, 2.75) is 13.3 Å². The van der Waals surface area contributed by atoms with Crippen molar-refractivity contribution in [3.63, 3.8) is 0 Å². The van der Waals surface area contributed by atoms with Crippen LogP contribution in [0.1, 0.15) is 22.3 Å². The van der Waals surface area contributed by atoms with E-state index >= 15 is 0 Å². The number of benzene rings is 1. The lowest BCUT2D eigenvalue weighted by molar-refractivity contribution is -0.384. The molecule has 8 nitrogen and oxygen atoms in total. The zero-order valence-corrected chi connectivity index (χ0v) is 12.4. The van der Waals surface area contributed by atoms with Crippen molar-refractivity contribution in [3.05, 3.63) is 37.8 Å². The van der Waals surface area contributed by atoms with Gasteiger partial charge < -0.3 is 5.73 Å². The van der Waals surface area contributed by atoms with Crippen molar-refractivity contribution < 1.29 is 9.72 Å². The van der Waals surface area contributed by atoms with E-state index in [0.717, 1.165) is 17.1 Å². The van der Waals surface area contributed by atoms with Crippen LogP contribution in [0.15, 0.2) is 12.1 Å². The first-order chi connectivity index (χ1) is 9.92. The fourth-order valence-electron chi connectivity index (χ4n) is 1.51. The van der Waals surface area contributed by atoms with E-state index in [1.165, 1.54) is 11.3 Å². The van der Waals surface area contributed by atoms with Gasteiger partial charge in [-0.1, -0.05) is 29.9 Å². The minimum Gasteiger partial charge on any atom is -0.397 e. The Morgan fingerprint density at radius 1 is 1.52 bits per heavy atom. The number of nitrogens with one attached hydrogen (secondary N) is 1. The molecule has 1 amide bonds. The lowest BCUT2D eigenvalue weighted by Crippen LogP contribution is -2.14. The minimum absolute atomic E-state index is 0.0278. The predicted octanol–water partition coefficient (Wildman–Crippen LogP) is 2.50. The molecule has 21 heavy (non-hydrogen) atoms. The van der Waals surface area contributed by atoms with Crippen LogP contribution in [0.25, 0.3) is 0 Å². The van der Waals surface area contributed by atoms with Gasteiger partial charge in [0.25, 0.3) is 11.6 Å². The Balaban J connectivity index is 2.32. The number of nitrogens with two attached hydrogens (primary N) is 1. The topological polar surface area (TPSA) is 124 Å². The first-order valence-corrected chi connectivity index (χ1v) is 6.99. The molecule has 3 N–H and O–H groups in total. The fraction of sp³-hybridized carbons (Fsp3) is 0.182. The number of hydrogen-bond acceptors (Lipinski definition) is 7.